The van der Waals surface area contributed by atoms with Crippen LogP contribution in [0.25, 0.3) is 0 Å². The molecule has 40 heteroatoms. The van der Waals surface area contributed by atoms with Crippen molar-refractivity contribution >= 4 is 106 Å². The first-order valence-electron chi connectivity index (χ1n) is 32.7. The minimum absolute atomic E-state index is 0.0308. The zero-order valence-corrected chi connectivity index (χ0v) is 61.3. The lowest BCUT2D eigenvalue weighted by molar-refractivity contribution is -0.275. The van der Waals surface area contributed by atoms with Crippen LogP contribution in [0.1, 0.15) is 74.1 Å². The van der Waals surface area contributed by atoms with E-state index in [-0.39, 0.29) is 35.5 Å². The van der Waals surface area contributed by atoms with Crippen molar-refractivity contribution in [1.29, 1.82) is 0 Å². The van der Waals surface area contributed by atoms with Crippen LogP contribution in [-0.2, 0) is 51.2 Å². The van der Waals surface area contributed by atoms with Gasteiger partial charge in [-0.25, -0.2) is 0 Å². The van der Waals surface area contributed by atoms with Gasteiger partial charge in [0, 0.05) is 117 Å². The third-order valence-electron chi connectivity index (χ3n) is 16.4. The van der Waals surface area contributed by atoms with E-state index >= 15 is 0 Å². The number of methoxy groups -OCH3 is 2. The summed E-state index contributed by atoms with van der Waals surface area (Å²) in [6.45, 7) is 7.39. The number of anilines is 6. The molecule has 556 valence electrons. The van der Waals surface area contributed by atoms with Gasteiger partial charge in [0.25, 0.3) is 0 Å². The Labute approximate surface area is 622 Å². The first kappa shape index (κ1) is 78.3. The number of benzene rings is 2. The number of aromatic nitrogens is 16. The number of ether oxygens (including phenoxy) is 4. The molecule has 29 nitrogen and oxygen atoms in total. The van der Waals surface area contributed by atoms with E-state index in [0.717, 1.165) is 152 Å². The highest BCUT2D eigenvalue weighted by Gasteiger charge is 2.35. The monoisotopic (exact) mass is 1590 g/mol. The molecule has 4 aliphatic heterocycles. The zero-order valence-electron chi connectivity index (χ0n) is 56.4. The van der Waals surface area contributed by atoms with Gasteiger partial charge in [0.15, 0.2) is 38.8 Å². The third-order valence-corrected chi connectivity index (χ3v) is 20.3. The summed E-state index contributed by atoms with van der Waals surface area (Å²) in [5, 5.41) is 68.6. The largest absolute Gasteiger partial charge is 0.573 e. The van der Waals surface area contributed by atoms with Crippen molar-refractivity contribution in [3.63, 3.8) is 0 Å². The normalized spacial score (nSPS) is 17.6. The second-order valence-corrected chi connectivity index (χ2v) is 29.8. The summed E-state index contributed by atoms with van der Waals surface area (Å²) >= 11 is 8.61. The number of nitrogen functional groups attached to an aromatic ring is 2. The van der Waals surface area contributed by atoms with Crippen LogP contribution in [0.15, 0.2) is 126 Å². The van der Waals surface area contributed by atoms with Crippen LogP contribution in [0.3, 0.4) is 0 Å². The molecular formula is C65H72BrF6N23O6S4. The Hall–Kier alpha value is -9.32. The predicted molar refractivity (Wildman–Crippen MR) is 384 cm³/mol. The molecule has 0 radical (unpaired) electrons. The Morgan fingerprint density at radius 3 is 1.12 bits per heavy atom. The van der Waals surface area contributed by atoms with Gasteiger partial charge in [-0.1, -0.05) is 46.9 Å². The highest BCUT2D eigenvalue weighted by molar-refractivity contribution is 9.11. The number of carbonyl (C=O) groups excluding carboxylic acids is 2. The second kappa shape index (κ2) is 38.1. The molecule has 4 aliphatic rings. The zero-order chi connectivity index (χ0) is 74.3. The lowest BCUT2D eigenvalue weighted by Gasteiger charge is -2.16. The number of carbonyl (C=O) groups is 2. The van der Waals surface area contributed by atoms with Crippen molar-refractivity contribution in [3.05, 3.63) is 162 Å². The van der Waals surface area contributed by atoms with Gasteiger partial charge in [0.05, 0.1) is 12.8 Å². The van der Waals surface area contributed by atoms with E-state index < -0.39 is 36.4 Å². The van der Waals surface area contributed by atoms with Gasteiger partial charge in [-0.2, -0.15) is 20.4 Å². The van der Waals surface area contributed by atoms with E-state index in [1.54, 1.807) is 24.8 Å². The summed E-state index contributed by atoms with van der Waals surface area (Å²) < 4.78 is 94.3. The van der Waals surface area contributed by atoms with Crippen LogP contribution in [-0.4, -0.2) is 178 Å². The van der Waals surface area contributed by atoms with E-state index in [0.29, 0.717) is 44.1 Å². The molecule has 14 rings (SSSR count). The molecule has 2 aromatic carbocycles. The van der Waals surface area contributed by atoms with Crippen molar-refractivity contribution in [1.82, 2.24) is 81.6 Å². The smallest absolute Gasteiger partial charge is 0.406 e. The fraction of sp³-hybridized carbons (Fsp3) is 0.415. The molecule has 6 atom stereocenters. The summed E-state index contributed by atoms with van der Waals surface area (Å²) in [5.41, 5.74) is 17.1. The van der Waals surface area contributed by atoms with Gasteiger partial charge in [-0.3, -0.25) is 9.59 Å². The maximum absolute atomic E-state index is 12.8. The molecule has 4 fully saturated rings. The van der Waals surface area contributed by atoms with E-state index in [2.05, 4.69) is 127 Å². The summed E-state index contributed by atoms with van der Waals surface area (Å²) in [6, 6.07) is 26.1. The molecule has 4 saturated heterocycles. The van der Waals surface area contributed by atoms with Crippen molar-refractivity contribution in [2.45, 2.75) is 88.8 Å². The van der Waals surface area contributed by atoms with Gasteiger partial charge in [0.1, 0.15) is 48.7 Å². The quantitative estimate of drug-likeness (QED) is 0.0531. The summed E-state index contributed by atoms with van der Waals surface area (Å²) in [6.07, 6.45) is 1.49. The van der Waals surface area contributed by atoms with Gasteiger partial charge >= 0.3 is 12.7 Å². The van der Waals surface area contributed by atoms with Crippen molar-refractivity contribution < 1.29 is 54.9 Å². The molecule has 0 aliphatic carbocycles. The number of ketones is 2. The Kier molecular flexibility index (Phi) is 28.4. The number of nitrogens with zero attached hydrogens (tertiary/aromatic N) is 20. The van der Waals surface area contributed by atoms with Gasteiger partial charge < -0.3 is 55.7 Å². The minimum atomic E-state index is -4.82. The Morgan fingerprint density at radius 2 is 0.819 bits per heavy atom. The average molecular weight is 1590 g/mol. The average Bonchev–Trinajstić information content (AvgIpc) is 0.895. The van der Waals surface area contributed by atoms with Crippen molar-refractivity contribution in [3.8, 4) is 11.5 Å². The lowest BCUT2D eigenvalue weighted by atomic mass is 10.0. The molecule has 0 amide bonds. The number of rotatable bonds is 22. The van der Waals surface area contributed by atoms with Crippen LogP contribution in [0, 0.1) is 17.8 Å². The van der Waals surface area contributed by atoms with Crippen LogP contribution < -0.4 is 46.3 Å². The van der Waals surface area contributed by atoms with Crippen LogP contribution in [0.4, 0.5) is 59.9 Å². The van der Waals surface area contributed by atoms with E-state index in [9.17, 15) is 35.9 Å². The summed E-state index contributed by atoms with van der Waals surface area (Å²) in [5.74, 6) is 3.49. The molecule has 0 unspecified atom stereocenters. The van der Waals surface area contributed by atoms with Crippen molar-refractivity contribution in [2.75, 3.05) is 97.6 Å². The fourth-order valence-electron chi connectivity index (χ4n) is 11.8. The maximum atomic E-state index is 12.8. The Balaban J connectivity index is 0.000000154. The molecule has 0 saturated carbocycles. The van der Waals surface area contributed by atoms with E-state index in [1.807, 2.05) is 48.5 Å². The summed E-state index contributed by atoms with van der Waals surface area (Å²) in [4.78, 5) is 34.4. The highest BCUT2D eigenvalue weighted by atomic mass is 79.9. The molecule has 105 heavy (non-hydrogen) atoms. The third kappa shape index (κ3) is 24.9. The number of nitrogens with two attached hydrogens (primary N) is 3. The van der Waals surface area contributed by atoms with Crippen LogP contribution in [0.2, 0.25) is 0 Å². The number of halogens is 7. The SMILES string of the molecule is CO[C@@H](C(=O)Cc1nnc(C[C@@H]2CCN(c3cccnn3)C2)s1)c1cccc(OC(F)(F)F)c1.CO[C@H](C(=O)Cc1nnc(C[C@@H]2CCN(c3cccnn3)C2)s1)c1cccc(OC(F)(F)F)c1.N[C@@H]1CCN(c2cccnn2)C1.Nc1nnc(Br)s1.Nc1nnc(C[C@@H]2CCN(c3cccnn3)C2)s1. The maximum Gasteiger partial charge on any atom is 0.573 e. The molecule has 0 bridgehead atoms. The Morgan fingerprint density at radius 1 is 0.467 bits per heavy atom. The molecule has 10 aromatic rings. The van der Waals surface area contributed by atoms with Gasteiger partial charge in [0.2, 0.25) is 10.3 Å². The number of hydrogen-bond acceptors (Lipinski definition) is 33. The topological polar surface area (TPSA) is 368 Å². The second-order valence-electron chi connectivity index (χ2n) is 24.1. The van der Waals surface area contributed by atoms with Crippen LogP contribution in [0.5, 0.6) is 11.5 Å². The Bertz CT molecular complexity index is 4110. The number of hydrogen-bond donors (Lipinski definition) is 3. The first-order valence-corrected chi connectivity index (χ1v) is 36.8. The molecule has 8 aromatic heterocycles. The number of alkyl halides is 6. The van der Waals surface area contributed by atoms with E-state index in [1.165, 1.54) is 96.0 Å². The molecule has 6 N–H and O–H groups in total. The van der Waals surface area contributed by atoms with Crippen LogP contribution >= 0.6 is 61.3 Å². The minimum Gasteiger partial charge on any atom is -0.406 e. The fourth-order valence-corrected chi connectivity index (χ4v) is 15.4. The summed E-state index contributed by atoms with van der Waals surface area (Å²) in [7, 11) is 2.66. The predicted octanol–water partition coefficient (Wildman–Crippen LogP) is 9.47. The standard InChI is InChI=1S/2C22H22F3N5O3S.C11H14N6S.C8H12N4.C2H2BrN3S/c2*1-32-21(15-4-2-5-16(11-15)33-22(23,24)25)17(31)12-20-29-28-19(34-20)10-14-7-9-30(13-14)18-6-3-8-26-27-18;12-11-16-15-10(18-11)6-8-3-5-17(7-8)9-2-1-4-13-14-9;9-7-3-5-12(6-7)8-2-1-4-10-11-8;3-1-5-6-2(4)7-1/h2*2-6,8,11,14,21H,7,9-10,12-13H2,1H3;1-2,4,8H,3,5-7H2,(H2,12,16);1-2,4,7H,3,5-6,9H2;(H2,4,6)/t14-,21+;14-,21-;8-;7-;/m0001./s1. The molecule has 12 heterocycles. The first-order chi connectivity index (χ1) is 50.6. The highest BCUT2D eigenvalue weighted by Crippen LogP contribution is 2.33. The lowest BCUT2D eigenvalue weighted by Crippen LogP contribution is -2.26. The molecular weight excluding hydrogens is 1520 g/mol. The van der Waals surface area contributed by atoms with Gasteiger partial charge in [-0.15, -0.1) is 110 Å². The molecule has 0 spiro atoms. The van der Waals surface area contributed by atoms with Gasteiger partial charge in [-0.05, 0) is 143 Å². The van der Waals surface area contributed by atoms with Crippen molar-refractivity contribution in [2.24, 2.45) is 23.5 Å². The number of Topliss-reactive ketones (excluding diaryl/α,β-unsaturated/α-hetero) is 2. The van der Waals surface area contributed by atoms with E-state index in [4.69, 9.17) is 26.7 Å².